The topological polar surface area (TPSA) is 44.3 Å². The van der Waals surface area contributed by atoms with Gasteiger partial charge in [0.2, 0.25) is 0 Å². The zero-order valence-electron chi connectivity index (χ0n) is 9.69. The number of rotatable bonds is 6. The third-order valence-electron chi connectivity index (χ3n) is 3.03. The average Bonchev–Trinajstić information content (AvgIpc) is 3.11. The Labute approximate surface area is 96.9 Å². The number of aliphatic hydroxyl groups excluding tert-OH is 1. The van der Waals surface area contributed by atoms with E-state index in [-0.39, 0.29) is 6.04 Å². The van der Waals surface area contributed by atoms with E-state index in [0.29, 0.717) is 6.04 Å². The number of hydrogen-bond acceptors (Lipinski definition) is 3. The Hall–Kier alpha value is -0.900. The Morgan fingerprint density at radius 1 is 1.31 bits per heavy atom. The van der Waals surface area contributed by atoms with E-state index in [1.165, 1.54) is 18.4 Å². The summed E-state index contributed by atoms with van der Waals surface area (Å²) in [4.78, 5) is 0. The molecule has 0 radical (unpaired) electrons. The van der Waals surface area contributed by atoms with Crippen molar-refractivity contribution in [2.24, 2.45) is 0 Å². The van der Waals surface area contributed by atoms with Crippen LogP contribution < -0.4 is 10.6 Å². The zero-order chi connectivity index (χ0) is 11.4. The van der Waals surface area contributed by atoms with E-state index < -0.39 is 6.23 Å². The molecule has 1 aromatic carbocycles. The van der Waals surface area contributed by atoms with Crippen molar-refractivity contribution in [3.8, 4) is 0 Å². The van der Waals surface area contributed by atoms with Gasteiger partial charge in [-0.25, -0.2) is 0 Å². The van der Waals surface area contributed by atoms with Crippen molar-refractivity contribution in [2.75, 3.05) is 7.05 Å². The first-order chi connectivity index (χ1) is 7.79. The molecular formula is C13H20N2O. The van der Waals surface area contributed by atoms with Crippen LogP contribution in [-0.2, 0) is 6.42 Å². The summed E-state index contributed by atoms with van der Waals surface area (Å²) < 4.78 is 0. The highest BCUT2D eigenvalue weighted by molar-refractivity contribution is 5.16. The van der Waals surface area contributed by atoms with Crippen LogP contribution in [0.2, 0.25) is 0 Å². The van der Waals surface area contributed by atoms with Crippen LogP contribution in [0.1, 0.15) is 18.4 Å². The number of aliphatic hydroxyl groups is 1. The minimum Gasteiger partial charge on any atom is -0.377 e. The molecule has 3 nitrogen and oxygen atoms in total. The van der Waals surface area contributed by atoms with E-state index in [9.17, 15) is 5.11 Å². The minimum atomic E-state index is -0.460. The van der Waals surface area contributed by atoms with E-state index in [1.807, 2.05) is 25.2 Å². The maximum Gasteiger partial charge on any atom is 0.120 e. The Kier molecular flexibility index (Phi) is 3.93. The van der Waals surface area contributed by atoms with Crippen molar-refractivity contribution in [1.82, 2.24) is 10.6 Å². The molecule has 3 heteroatoms. The van der Waals surface area contributed by atoms with E-state index in [0.717, 1.165) is 6.42 Å². The predicted molar refractivity (Wildman–Crippen MR) is 65.2 cm³/mol. The van der Waals surface area contributed by atoms with Gasteiger partial charge in [-0.3, -0.25) is 5.32 Å². The fourth-order valence-electron chi connectivity index (χ4n) is 1.85. The van der Waals surface area contributed by atoms with Crippen LogP contribution in [0.4, 0.5) is 0 Å². The van der Waals surface area contributed by atoms with Gasteiger partial charge in [-0.2, -0.15) is 0 Å². The maximum atomic E-state index is 10.0. The second-order valence-electron chi connectivity index (χ2n) is 4.47. The fraction of sp³-hybridized carbons (Fsp3) is 0.538. The number of likely N-dealkylation sites (N-methyl/N-ethyl adjacent to an activating group) is 1. The molecule has 1 saturated carbocycles. The number of benzene rings is 1. The first-order valence-corrected chi connectivity index (χ1v) is 5.95. The molecular weight excluding hydrogens is 200 g/mol. The minimum absolute atomic E-state index is 0.0722. The molecule has 1 unspecified atom stereocenters. The lowest BCUT2D eigenvalue weighted by molar-refractivity contribution is 0.0947. The Balaban J connectivity index is 1.88. The second-order valence-corrected chi connectivity index (χ2v) is 4.47. The first kappa shape index (κ1) is 11.6. The summed E-state index contributed by atoms with van der Waals surface area (Å²) in [5.74, 6) is 0. The van der Waals surface area contributed by atoms with E-state index >= 15 is 0 Å². The maximum absolute atomic E-state index is 10.0. The van der Waals surface area contributed by atoms with Crippen molar-refractivity contribution in [1.29, 1.82) is 0 Å². The van der Waals surface area contributed by atoms with Gasteiger partial charge in [-0.15, -0.1) is 0 Å². The molecule has 0 saturated heterocycles. The summed E-state index contributed by atoms with van der Waals surface area (Å²) in [7, 11) is 1.89. The molecule has 1 aromatic rings. The van der Waals surface area contributed by atoms with Gasteiger partial charge in [0.05, 0.1) is 6.04 Å². The SMILES string of the molecule is CN[C@@H](Cc1ccccc1)C(O)NC1CC1. The van der Waals surface area contributed by atoms with Crippen molar-refractivity contribution >= 4 is 0 Å². The lowest BCUT2D eigenvalue weighted by Crippen LogP contribution is -2.48. The average molecular weight is 220 g/mol. The molecule has 1 aliphatic rings. The summed E-state index contributed by atoms with van der Waals surface area (Å²) in [5.41, 5.74) is 1.25. The third kappa shape index (κ3) is 3.30. The van der Waals surface area contributed by atoms with Gasteiger partial charge in [-0.05, 0) is 31.9 Å². The van der Waals surface area contributed by atoms with Gasteiger partial charge in [0.15, 0.2) is 0 Å². The Morgan fingerprint density at radius 2 is 2.00 bits per heavy atom. The van der Waals surface area contributed by atoms with Crippen LogP contribution in [-0.4, -0.2) is 30.5 Å². The summed E-state index contributed by atoms with van der Waals surface area (Å²) in [6.45, 7) is 0. The molecule has 0 heterocycles. The lowest BCUT2D eigenvalue weighted by atomic mass is 10.0. The largest absolute Gasteiger partial charge is 0.377 e. The molecule has 0 amide bonds. The highest BCUT2D eigenvalue weighted by atomic mass is 16.3. The third-order valence-corrected chi connectivity index (χ3v) is 3.03. The smallest absolute Gasteiger partial charge is 0.120 e. The van der Waals surface area contributed by atoms with Gasteiger partial charge in [0, 0.05) is 6.04 Å². The first-order valence-electron chi connectivity index (χ1n) is 5.95. The van der Waals surface area contributed by atoms with E-state index in [2.05, 4.69) is 22.8 Å². The van der Waals surface area contributed by atoms with Crippen LogP contribution in [0.25, 0.3) is 0 Å². The Bertz CT molecular complexity index is 311. The lowest BCUT2D eigenvalue weighted by Gasteiger charge is -2.23. The van der Waals surface area contributed by atoms with Gasteiger partial charge >= 0.3 is 0 Å². The summed E-state index contributed by atoms with van der Waals surface area (Å²) in [5, 5.41) is 16.4. The highest BCUT2D eigenvalue weighted by Gasteiger charge is 2.27. The molecule has 2 rings (SSSR count). The predicted octanol–water partition coefficient (Wildman–Crippen LogP) is 0.887. The summed E-state index contributed by atoms with van der Waals surface area (Å²) in [6.07, 6.45) is 2.77. The van der Waals surface area contributed by atoms with Gasteiger partial charge in [0.1, 0.15) is 6.23 Å². The van der Waals surface area contributed by atoms with Gasteiger partial charge in [0.25, 0.3) is 0 Å². The normalized spacial score (nSPS) is 19.4. The zero-order valence-corrected chi connectivity index (χ0v) is 9.69. The number of nitrogens with one attached hydrogen (secondary N) is 2. The quantitative estimate of drug-likeness (QED) is 0.624. The molecule has 2 atom stereocenters. The van der Waals surface area contributed by atoms with E-state index in [1.54, 1.807) is 0 Å². The fourth-order valence-corrected chi connectivity index (χ4v) is 1.85. The van der Waals surface area contributed by atoms with Crippen molar-refractivity contribution in [2.45, 2.75) is 37.6 Å². The molecule has 88 valence electrons. The molecule has 0 bridgehead atoms. The van der Waals surface area contributed by atoms with Crippen LogP contribution >= 0.6 is 0 Å². The van der Waals surface area contributed by atoms with Crippen LogP contribution in [0.3, 0.4) is 0 Å². The molecule has 16 heavy (non-hydrogen) atoms. The number of hydrogen-bond donors (Lipinski definition) is 3. The molecule has 0 aromatic heterocycles. The molecule has 3 N–H and O–H groups in total. The van der Waals surface area contributed by atoms with Gasteiger partial charge < -0.3 is 10.4 Å². The molecule has 1 aliphatic carbocycles. The van der Waals surface area contributed by atoms with Crippen LogP contribution in [0.15, 0.2) is 30.3 Å². The molecule has 1 fully saturated rings. The molecule has 0 spiro atoms. The van der Waals surface area contributed by atoms with Crippen molar-refractivity contribution in [3.05, 3.63) is 35.9 Å². The Morgan fingerprint density at radius 3 is 2.56 bits per heavy atom. The van der Waals surface area contributed by atoms with Crippen molar-refractivity contribution < 1.29 is 5.11 Å². The van der Waals surface area contributed by atoms with Crippen LogP contribution in [0.5, 0.6) is 0 Å². The highest BCUT2D eigenvalue weighted by Crippen LogP contribution is 2.19. The van der Waals surface area contributed by atoms with E-state index in [4.69, 9.17) is 0 Å². The molecule has 0 aliphatic heterocycles. The summed E-state index contributed by atoms with van der Waals surface area (Å²) in [6, 6.07) is 10.9. The standard InChI is InChI=1S/C13H20N2O/c1-14-12(13(16)15-11-7-8-11)9-10-5-3-2-4-6-10/h2-6,11-16H,7-9H2,1H3/t12-,13?/m0/s1. The summed E-state index contributed by atoms with van der Waals surface area (Å²) >= 11 is 0. The van der Waals surface area contributed by atoms with Gasteiger partial charge in [-0.1, -0.05) is 30.3 Å². The monoisotopic (exact) mass is 220 g/mol. The second kappa shape index (κ2) is 5.43. The van der Waals surface area contributed by atoms with Crippen molar-refractivity contribution in [3.63, 3.8) is 0 Å². The van der Waals surface area contributed by atoms with Crippen LogP contribution in [0, 0.1) is 0 Å².